The Kier molecular flexibility index (Phi) is 2.07. The van der Waals surface area contributed by atoms with E-state index in [2.05, 4.69) is 14.8 Å². The standard InChI is InChI=1S/C4H8N4S/c1-3(2-5)4-6-7-8-9-4/h3H,2,5H2,1H3. The van der Waals surface area contributed by atoms with E-state index < -0.39 is 0 Å². The lowest BCUT2D eigenvalue weighted by Gasteiger charge is -1.98. The molecule has 0 bridgehead atoms. The zero-order valence-corrected chi connectivity index (χ0v) is 5.93. The molecule has 0 saturated carbocycles. The quantitative estimate of drug-likeness (QED) is 0.634. The van der Waals surface area contributed by atoms with Gasteiger partial charge >= 0.3 is 0 Å². The maximum atomic E-state index is 5.37. The molecule has 5 heteroatoms. The van der Waals surface area contributed by atoms with Crippen molar-refractivity contribution in [1.29, 1.82) is 0 Å². The van der Waals surface area contributed by atoms with Crippen LogP contribution >= 0.6 is 11.5 Å². The van der Waals surface area contributed by atoms with Gasteiger partial charge in [0, 0.05) is 24.0 Å². The van der Waals surface area contributed by atoms with Gasteiger partial charge in [0.2, 0.25) is 0 Å². The van der Waals surface area contributed by atoms with Gasteiger partial charge in [0.25, 0.3) is 0 Å². The molecule has 0 fully saturated rings. The zero-order valence-electron chi connectivity index (χ0n) is 5.11. The van der Waals surface area contributed by atoms with Crippen molar-refractivity contribution in [2.75, 3.05) is 6.54 Å². The first-order valence-electron chi connectivity index (χ1n) is 2.69. The molecule has 0 aromatic carbocycles. The van der Waals surface area contributed by atoms with Crippen LogP contribution in [0.4, 0.5) is 0 Å². The van der Waals surface area contributed by atoms with Crippen LogP contribution < -0.4 is 5.73 Å². The SMILES string of the molecule is CC(CN)c1nnns1. The molecule has 1 rings (SSSR count). The van der Waals surface area contributed by atoms with Gasteiger partial charge in [0.1, 0.15) is 5.01 Å². The topological polar surface area (TPSA) is 64.7 Å². The fourth-order valence-electron chi connectivity index (χ4n) is 0.430. The second-order valence-corrected chi connectivity index (χ2v) is 2.60. The second kappa shape index (κ2) is 2.84. The third-order valence-electron chi connectivity index (χ3n) is 1.09. The number of hydrogen-bond acceptors (Lipinski definition) is 5. The average Bonchev–Trinajstić information content (AvgIpc) is 2.37. The summed E-state index contributed by atoms with van der Waals surface area (Å²) in [6, 6.07) is 0. The molecular formula is C4H8N4S. The van der Waals surface area contributed by atoms with Crippen LogP contribution in [0.5, 0.6) is 0 Å². The van der Waals surface area contributed by atoms with E-state index in [9.17, 15) is 0 Å². The number of aromatic nitrogens is 3. The molecule has 0 radical (unpaired) electrons. The third kappa shape index (κ3) is 1.43. The van der Waals surface area contributed by atoms with Gasteiger partial charge in [-0.1, -0.05) is 11.4 Å². The summed E-state index contributed by atoms with van der Waals surface area (Å²) in [6.07, 6.45) is 0. The molecule has 1 atom stereocenters. The average molecular weight is 144 g/mol. The first-order chi connectivity index (χ1) is 4.34. The Hall–Kier alpha value is -0.550. The molecule has 1 aromatic heterocycles. The van der Waals surface area contributed by atoms with E-state index in [0.717, 1.165) is 5.01 Å². The van der Waals surface area contributed by atoms with Crippen LogP contribution in [0.25, 0.3) is 0 Å². The minimum absolute atomic E-state index is 0.296. The van der Waals surface area contributed by atoms with Crippen molar-refractivity contribution < 1.29 is 0 Å². The van der Waals surface area contributed by atoms with Gasteiger partial charge in [-0.25, -0.2) is 0 Å². The number of rotatable bonds is 2. The summed E-state index contributed by atoms with van der Waals surface area (Å²) in [6.45, 7) is 2.61. The minimum atomic E-state index is 0.296. The molecule has 0 aliphatic heterocycles. The first kappa shape index (κ1) is 6.57. The Bertz CT molecular complexity index is 161. The summed E-state index contributed by atoms with van der Waals surface area (Å²) in [7, 11) is 0. The van der Waals surface area contributed by atoms with Crippen LogP contribution in [0.1, 0.15) is 17.8 Å². The van der Waals surface area contributed by atoms with Crippen molar-refractivity contribution >= 4 is 11.5 Å². The highest BCUT2D eigenvalue weighted by atomic mass is 32.1. The Morgan fingerprint density at radius 3 is 3.00 bits per heavy atom. The van der Waals surface area contributed by atoms with Gasteiger partial charge in [-0.2, -0.15) is 0 Å². The van der Waals surface area contributed by atoms with Crippen LogP contribution in [-0.4, -0.2) is 21.3 Å². The summed E-state index contributed by atoms with van der Waals surface area (Å²) in [5, 5.41) is 8.13. The van der Waals surface area contributed by atoms with Gasteiger partial charge in [-0.15, -0.1) is 5.10 Å². The molecule has 4 nitrogen and oxygen atoms in total. The van der Waals surface area contributed by atoms with E-state index >= 15 is 0 Å². The molecule has 0 amide bonds. The van der Waals surface area contributed by atoms with Crippen molar-refractivity contribution in [3.8, 4) is 0 Å². The van der Waals surface area contributed by atoms with E-state index in [4.69, 9.17) is 5.73 Å². The van der Waals surface area contributed by atoms with Crippen molar-refractivity contribution in [3.63, 3.8) is 0 Å². The maximum Gasteiger partial charge on any atom is 0.142 e. The minimum Gasteiger partial charge on any atom is -0.330 e. The monoisotopic (exact) mass is 144 g/mol. The van der Waals surface area contributed by atoms with Crippen LogP contribution in [0.2, 0.25) is 0 Å². The van der Waals surface area contributed by atoms with Gasteiger partial charge in [0.15, 0.2) is 0 Å². The molecule has 1 heterocycles. The van der Waals surface area contributed by atoms with Crippen molar-refractivity contribution in [2.24, 2.45) is 5.73 Å². The van der Waals surface area contributed by atoms with Gasteiger partial charge in [-0.3, -0.25) is 0 Å². The van der Waals surface area contributed by atoms with E-state index in [1.807, 2.05) is 6.92 Å². The molecule has 2 N–H and O–H groups in total. The molecule has 0 spiro atoms. The van der Waals surface area contributed by atoms with Crippen molar-refractivity contribution in [3.05, 3.63) is 5.01 Å². The molecule has 1 unspecified atom stereocenters. The molecular weight excluding hydrogens is 136 g/mol. The highest BCUT2D eigenvalue weighted by Crippen LogP contribution is 2.11. The Morgan fingerprint density at radius 2 is 2.56 bits per heavy atom. The van der Waals surface area contributed by atoms with Crippen LogP contribution in [0.3, 0.4) is 0 Å². The Balaban J connectivity index is 2.65. The molecule has 0 saturated heterocycles. The van der Waals surface area contributed by atoms with Gasteiger partial charge < -0.3 is 5.73 Å². The smallest absolute Gasteiger partial charge is 0.142 e. The molecule has 0 aliphatic carbocycles. The highest BCUT2D eigenvalue weighted by molar-refractivity contribution is 7.05. The van der Waals surface area contributed by atoms with Gasteiger partial charge in [0.05, 0.1) is 0 Å². The molecule has 9 heavy (non-hydrogen) atoms. The summed E-state index contributed by atoms with van der Waals surface area (Å²) in [5.74, 6) is 0.296. The lowest BCUT2D eigenvalue weighted by molar-refractivity contribution is 0.745. The Labute approximate surface area is 57.2 Å². The van der Waals surface area contributed by atoms with E-state index in [1.54, 1.807) is 0 Å². The van der Waals surface area contributed by atoms with E-state index in [0.29, 0.717) is 12.5 Å². The molecule has 50 valence electrons. The fourth-order valence-corrected chi connectivity index (χ4v) is 0.936. The number of hydrogen-bond donors (Lipinski definition) is 1. The lowest BCUT2D eigenvalue weighted by atomic mass is 10.2. The summed E-state index contributed by atoms with van der Waals surface area (Å²) >= 11 is 1.30. The number of nitrogens with zero attached hydrogens (tertiary/aromatic N) is 3. The number of nitrogens with two attached hydrogens (primary N) is 1. The van der Waals surface area contributed by atoms with Crippen LogP contribution in [0, 0.1) is 0 Å². The van der Waals surface area contributed by atoms with Crippen LogP contribution in [0.15, 0.2) is 0 Å². The second-order valence-electron chi connectivity index (χ2n) is 1.84. The normalized spacial score (nSPS) is 13.6. The zero-order chi connectivity index (χ0) is 6.69. The van der Waals surface area contributed by atoms with Crippen molar-refractivity contribution in [1.82, 2.24) is 14.8 Å². The summed E-state index contributed by atoms with van der Waals surface area (Å²) in [4.78, 5) is 0. The summed E-state index contributed by atoms with van der Waals surface area (Å²) in [5.41, 5.74) is 5.37. The van der Waals surface area contributed by atoms with E-state index in [-0.39, 0.29) is 0 Å². The Morgan fingerprint density at radius 1 is 1.78 bits per heavy atom. The first-order valence-corrected chi connectivity index (χ1v) is 3.47. The predicted octanol–water partition coefficient (Wildman–Crippen LogP) is -0.00470. The van der Waals surface area contributed by atoms with Crippen molar-refractivity contribution in [2.45, 2.75) is 12.8 Å². The summed E-state index contributed by atoms with van der Waals surface area (Å²) < 4.78 is 3.62. The molecule has 1 aromatic rings. The van der Waals surface area contributed by atoms with E-state index in [1.165, 1.54) is 11.5 Å². The maximum absolute atomic E-state index is 5.37. The van der Waals surface area contributed by atoms with Gasteiger partial charge in [-0.05, 0) is 5.21 Å². The largest absolute Gasteiger partial charge is 0.330 e. The highest BCUT2D eigenvalue weighted by Gasteiger charge is 2.05. The van der Waals surface area contributed by atoms with Crippen LogP contribution in [-0.2, 0) is 0 Å². The predicted molar refractivity (Wildman–Crippen MR) is 35.2 cm³/mol. The lowest BCUT2D eigenvalue weighted by Crippen LogP contribution is -2.08. The molecule has 0 aliphatic rings. The fraction of sp³-hybridized carbons (Fsp3) is 0.750. The third-order valence-corrected chi connectivity index (χ3v) is 1.92.